The van der Waals surface area contributed by atoms with Crippen LogP contribution in [0.3, 0.4) is 0 Å². The molecule has 3 N–H and O–H groups in total. The zero-order valence-electron chi connectivity index (χ0n) is 25.3. The van der Waals surface area contributed by atoms with Gasteiger partial charge >= 0.3 is 0 Å². The maximum absolute atomic E-state index is 13.6. The minimum atomic E-state index is -0.504. The van der Waals surface area contributed by atoms with Gasteiger partial charge in [-0.2, -0.15) is 0 Å². The molecular formula is C38H32BrN3O3S. The Bertz CT molecular complexity index is 1860. The molecule has 0 saturated heterocycles. The van der Waals surface area contributed by atoms with Crippen LogP contribution in [-0.4, -0.2) is 17.7 Å². The molecule has 3 amide bonds. The summed E-state index contributed by atoms with van der Waals surface area (Å²) in [4.78, 5) is 40.8. The molecule has 0 aliphatic carbocycles. The van der Waals surface area contributed by atoms with Gasteiger partial charge in [0.25, 0.3) is 11.8 Å². The number of carbonyl (C=O) groups is 3. The molecule has 0 spiro atoms. The van der Waals surface area contributed by atoms with E-state index in [0.29, 0.717) is 11.3 Å². The van der Waals surface area contributed by atoms with Crippen LogP contribution in [-0.2, 0) is 9.59 Å². The summed E-state index contributed by atoms with van der Waals surface area (Å²) in [6.07, 6.45) is 1.63. The van der Waals surface area contributed by atoms with Crippen molar-refractivity contribution in [3.05, 3.63) is 165 Å². The third-order valence-corrected chi connectivity index (χ3v) is 8.85. The fraction of sp³-hybridized carbons (Fsp3) is 0.0789. The zero-order valence-corrected chi connectivity index (χ0v) is 27.7. The third kappa shape index (κ3) is 8.84. The van der Waals surface area contributed by atoms with Gasteiger partial charge in [-0.05, 0) is 91.2 Å². The van der Waals surface area contributed by atoms with Gasteiger partial charge in [0.15, 0.2) is 0 Å². The second-order valence-electron chi connectivity index (χ2n) is 10.6. The SMILES string of the molecule is Cc1ccc(NC(=O)C(Sc2ccc(NC(=O)/C(=C/c3ccc(Br)cc3)NC(=O)c3ccccc3)cc2)c2ccccc2)c(C)c1. The molecule has 230 valence electrons. The Hall–Kier alpha value is -4.92. The highest BCUT2D eigenvalue weighted by atomic mass is 79.9. The molecule has 0 aromatic heterocycles. The summed E-state index contributed by atoms with van der Waals surface area (Å²) in [5, 5.41) is 8.24. The normalized spacial score (nSPS) is 11.8. The first-order chi connectivity index (χ1) is 22.2. The number of thioether (sulfide) groups is 1. The summed E-state index contributed by atoms with van der Waals surface area (Å²) in [7, 11) is 0. The van der Waals surface area contributed by atoms with Crippen LogP contribution < -0.4 is 16.0 Å². The fourth-order valence-electron chi connectivity index (χ4n) is 4.67. The van der Waals surface area contributed by atoms with Crippen molar-refractivity contribution in [1.29, 1.82) is 0 Å². The van der Waals surface area contributed by atoms with Crippen molar-refractivity contribution in [2.45, 2.75) is 24.0 Å². The lowest BCUT2D eigenvalue weighted by Crippen LogP contribution is -2.30. The van der Waals surface area contributed by atoms with E-state index in [0.717, 1.165) is 37.3 Å². The van der Waals surface area contributed by atoms with Gasteiger partial charge in [-0.25, -0.2) is 0 Å². The minimum absolute atomic E-state index is 0.0989. The number of carbonyl (C=O) groups excluding carboxylic acids is 3. The first-order valence-electron chi connectivity index (χ1n) is 14.6. The van der Waals surface area contributed by atoms with Crippen molar-refractivity contribution in [2.75, 3.05) is 10.6 Å². The highest BCUT2D eigenvalue weighted by Crippen LogP contribution is 2.37. The molecule has 0 heterocycles. The van der Waals surface area contributed by atoms with Gasteiger partial charge in [0, 0.05) is 26.3 Å². The summed E-state index contributed by atoms with van der Waals surface area (Å²) in [5.41, 5.74) is 5.62. The van der Waals surface area contributed by atoms with Gasteiger partial charge in [0.2, 0.25) is 5.91 Å². The van der Waals surface area contributed by atoms with Crippen molar-refractivity contribution in [1.82, 2.24) is 5.32 Å². The Labute approximate surface area is 281 Å². The Balaban J connectivity index is 1.33. The molecule has 5 rings (SSSR count). The Morgan fingerprint density at radius 3 is 2.04 bits per heavy atom. The molecule has 0 fully saturated rings. The molecule has 0 aliphatic rings. The van der Waals surface area contributed by atoms with Crippen molar-refractivity contribution in [3.63, 3.8) is 0 Å². The molecule has 5 aromatic carbocycles. The topological polar surface area (TPSA) is 87.3 Å². The van der Waals surface area contributed by atoms with Crippen LogP contribution >= 0.6 is 27.7 Å². The Morgan fingerprint density at radius 2 is 1.39 bits per heavy atom. The molecule has 6 nitrogen and oxygen atoms in total. The predicted octanol–water partition coefficient (Wildman–Crippen LogP) is 8.95. The molecule has 46 heavy (non-hydrogen) atoms. The summed E-state index contributed by atoms with van der Waals surface area (Å²) >= 11 is 4.85. The number of amides is 3. The van der Waals surface area contributed by atoms with E-state index in [2.05, 4.69) is 31.9 Å². The van der Waals surface area contributed by atoms with Gasteiger partial charge < -0.3 is 16.0 Å². The lowest BCUT2D eigenvalue weighted by atomic mass is 10.1. The van der Waals surface area contributed by atoms with Crippen LogP contribution in [0.5, 0.6) is 0 Å². The van der Waals surface area contributed by atoms with E-state index in [9.17, 15) is 14.4 Å². The second kappa shape index (κ2) is 15.4. The number of rotatable bonds is 10. The molecule has 0 saturated carbocycles. The minimum Gasteiger partial charge on any atom is -0.325 e. The van der Waals surface area contributed by atoms with E-state index in [4.69, 9.17) is 0 Å². The summed E-state index contributed by atoms with van der Waals surface area (Å²) in [5.74, 6) is -0.989. The molecule has 0 aliphatic heterocycles. The molecule has 0 bridgehead atoms. The quantitative estimate of drug-likeness (QED) is 0.101. The summed E-state index contributed by atoms with van der Waals surface area (Å²) in [6.45, 7) is 4.00. The van der Waals surface area contributed by atoms with E-state index < -0.39 is 17.1 Å². The van der Waals surface area contributed by atoms with E-state index in [1.54, 1.807) is 42.5 Å². The Morgan fingerprint density at radius 1 is 0.739 bits per heavy atom. The average Bonchev–Trinajstić information content (AvgIpc) is 3.07. The van der Waals surface area contributed by atoms with Crippen LogP contribution in [0.2, 0.25) is 0 Å². The maximum Gasteiger partial charge on any atom is 0.272 e. The average molecular weight is 691 g/mol. The molecule has 1 atom stereocenters. The molecule has 1 unspecified atom stereocenters. The smallest absolute Gasteiger partial charge is 0.272 e. The van der Waals surface area contributed by atoms with Crippen LogP contribution in [0, 0.1) is 13.8 Å². The van der Waals surface area contributed by atoms with Crippen molar-refractivity contribution >= 4 is 62.9 Å². The van der Waals surface area contributed by atoms with Crippen LogP contribution in [0.1, 0.15) is 37.9 Å². The highest BCUT2D eigenvalue weighted by molar-refractivity contribution is 9.10. The number of hydrogen-bond acceptors (Lipinski definition) is 4. The summed E-state index contributed by atoms with van der Waals surface area (Å²) < 4.78 is 0.902. The van der Waals surface area contributed by atoms with E-state index in [1.807, 2.05) is 105 Å². The van der Waals surface area contributed by atoms with E-state index in [1.165, 1.54) is 11.8 Å². The summed E-state index contributed by atoms with van der Waals surface area (Å²) in [6, 6.07) is 39.0. The van der Waals surface area contributed by atoms with Gasteiger partial charge in [-0.3, -0.25) is 14.4 Å². The van der Waals surface area contributed by atoms with E-state index >= 15 is 0 Å². The third-order valence-electron chi connectivity index (χ3n) is 7.06. The largest absolute Gasteiger partial charge is 0.325 e. The predicted molar refractivity (Wildman–Crippen MR) is 191 cm³/mol. The maximum atomic E-state index is 13.6. The van der Waals surface area contributed by atoms with Crippen LogP contribution in [0.15, 0.2) is 142 Å². The first-order valence-corrected chi connectivity index (χ1v) is 16.3. The van der Waals surface area contributed by atoms with Crippen LogP contribution in [0.25, 0.3) is 6.08 Å². The van der Waals surface area contributed by atoms with Crippen LogP contribution in [0.4, 0.5) is 11.4 Å². The van der Waals surface area contributed by atoms with Gasteiger partial charge in [0.1, 0.15) is 10.9 Å². The zero-order chi connectivity index (χ0) is 32.5. The number of aryl methyl sites for hydroxylation is 2. The van der Waals surface area contributed by atoms with Crippen molar-refractivity contribution < 1.29 is 14.4 Å². The van der Waals surface area contributed by atoms with Gasteiger partial charge in [-0.1, -0.05) is 94.3 Å². The standard InChI is InChI=1S/C38H32BrN3O3S/c1-25-13-22-33(26(2)23-25)41-38(45)35(28-9-5-3-6-10-28)46-32-20-18-31(19-21-32)40-37(44)34(24-27-14-16-30(39)17-15-27)42-36(43)29-11-7-4-8-12-29/h3-24,35H,1-2H3,(H,40,44)(H,41,45)(H,42,43)/b34-24-. The van der Waals surface area contributed by atoms with Gasteiger partial charge in [0.05, 0.1) is 0 Å². The van der Waals surface area contributed by atoms with Crippen molar-refractivity contribution in [2.24, 2.45) is 0 Å². The van der Waals surface area contributed by atoms with Crippen molar-refractivity contribution in [3.8, 4) is 0 Å². The highest BCUT2D eigenvalue weighted by Gasteiger charge is 2.23. The van der Waals surface area contributed by atoms with Gasteiger partial charge in [-0.15, -0.1) is 11.8 Å². The lowest BCUT2D eigenvalue weighted by Gasteiger charge is -2.18. The monoisotopic (exact) mass is 689 g/mol. The fourth-order valence-corrected chi connectivity index (χ4v) is 5.96. The lowest BCUT2D eigenvalue weighted by molar-refractivity contribution is -0.116. The number of hydrogen-bond donors (Lipinski definition) is 3. The first kappa shape index (κ1) is 32.5. The number of halogens is 1. The molecule has 8 heteroatoms. The number of nitrogens with one attached hydrogen (secondary N) is 3. The number of anilines is 2. The Kier molecular flexibility index (Phi) is 10.9. The molecule has 5 aromatic rings. The second-order valence-corrected chi connectivity index (χ2v) is 12.7. The number of benzene rings is 5. The molecular weight excluding hydrogens is 658 g/mol. The molecule has 0 radical (unpaired) electrons. The van der Waals surface area contributed by atoms with E-state index in [-0.39, 0.29) is 11.6 Å².